The van der Waals surface area contributed by atoms with Crippen LogP contribution in [0.15, 0.2) is 54.9 Å². The van der Waals surface area contributed by atoms with Crippen LogP contribution in [0.25, 0.3) is 22.0 Å². The molecule has 2 atom stereocenters. The summed E-state index contributed by atoms with van der Waals surface area (Å²) >= 11 is 0. The van der Waals surface area contributed by atoms with Gasteiger partial charge >= 0.3 is 0 Å². The van der Waals surface area contributed by atoms with E-state index in [1.807, 2.05) is 37.3 Å². The van der Waals surface area contributed by atoms with E-state index in [1.165, 1.54) is 18.5 Å². The molecule has 6 N–H and O–H groups in total. The Bertz CT molecular complexity index is 1450. The summed E-state index contributed by atoms with van der Waals surface area (Å²) in [5, 5.41) is 13.7. The maximum absolute atomic E-state index is 14.4. The Kier molecular flexibility index (Phi) is 6.11. The van der Waals surface area contributed by atoms with Crippen LogP contribution in [0.5, 0.6) is 0 Å². The van der Waals surface area contributed by atoms with E-state index in [0.717, 1.165) is 5.56 Å². The number of fused-ring (bicyclic) bond motifs is 1. The number of pyridine rings is 1. The van der Waals surface area contributed by atoms with Crippen molar-refractivity contribution in [1.82, 2.24) is 19.9 Å². The number of nitrogens with one attached hydrogen (secondary N) is 1. The predicted molar refractivity (Wildman–Crippen MR) is 137 cm³/mol. The number of carbonyl (C=O) groups excluding carboxylic acids is 1. The molecule has 1 saturated heterocycles. The summed E-state index contributed by atoms with van der Waals surface area (Å²) in [6, 6.07) is 13.1. The molecule has 1 aliphatic rings. The average Bonchev–Trinajstić information content (AvgIpc) is 3.32. The van der Waals surface area contributed by atoms with Crippen molar-refractivity contribution in [1.29, 1.82) is 0 Å². The van der Waals surface area contributed by atoms with E-state index in [-0.39, 0.29) is 24.0 Å². The van der Waals surface area contributed by atoms with Crippen molar-refractivity contribution in [3.63, 3.8) is 0 Å². The van der Waals surface area contributed by atoms with Crippen LogP contribution >= 0.6 is 0 Å². The first-order valence-corrected chi connectivity index (χ1v) is 11.6. The molecular formula is C26H26FN7O2. The Morgan fingerprint density at radius 2 is 1.97 bits per heavy atom. The van der Waals surface area contributed by atoms with Crippen LogP contribution in [0.1, 0.15) is 35.4 Å². The number of hydrogen-bond acceptors (Lipinski definition) is 8. The van der Waals surface area contributed by atoms with Gasteiger partial charge in [-0.15, -0.1) is 0 Å². The molecular weight excluding hydrogens is 461 g/mol. The van der Waals surface area contributed by atoms with Gasteiger partial charge in [0.1, 0.15) is 17.8 Å². The van der Waals surface area contributed by atoms with Crippen molar-refractivity contribution in [3.05, 3.63) is 71.9 Å². The molecule has 3 heterocycles. The number of β-amino-alcohol motifs (C(OH)–C–C–N with tert-alkyl or cyclic N) is 1. The summed E-state index contributed by atoms with van der Waals surface area (Å²) in [7, 11) is 0. The van der Waals surface area contributed by atoms with Crippen LogP contribution in [0.2, 0.25) is 0 Å². The van der Waals surface area contributed by atoms with Gasteiger partial charge in [-0.2, -0.15) is 0 Å². The number of nitrogens with zero attached hydrogens (tertiary/aromatic N) is 4. The highest BCUT2D eigenvalue weighted by atomic mass is 19.1. The standard InChI is InChI=1S/C26H26FN7O2/c1-14(32-25-22(28)24(29)30-13-31-25)23-20(15-5-3-2-4-6-15)21(26(36)34-10-9-17(35)12-34)18-11-16(27)7-8-19(18)33-23/h2-8,11,13-14,17,35H,9-10,12,28H2,1H3,(H3,29,30,31,32). The Morgan fingerprint density at radius 3 is 2.69 bits per heavy atom. The fraction of sp³-hybridized carbons (Fsp3) is 0.231. The first-order chi connectivity index (χ1) is 17.3. The topological polar surface area (TPSA) is 143 Å². The predicted octanol–water partition coefficient (Wildman–Crippen LogP) is 3.38. The number of nitrogen functional groups attached to an aromatic ring is 2. The zero-order valence-corrected chi connectivity index (χ0v) is 19.6. The minimum atomic E-state index is -0.592. The number of amides is 1. The zero-order chi connectivity index (χ0) is 25.4. The van der Waals surface area contributed by atoms with Crippen LogP contribution in [0.4, 0.5) is 21.7 Å². The van der Waals surface area contributed by atoms with E-state index < -0.39 is 18.0 Å². The number of likely N-dealkylation sites (tertiary alicyclic amines) is 1. The Hall–Kier alpha value is -4.31. The van der Waals surface area contributed by atoms with Crippen LogP contribution < -0.4 is 16.8 Å². The Labute approximate surface area is 207 Å². The van der Waals surface area contributed by atoms with Crippen molar-refractivity contribution in [2.45, 2.75) is 25.5 Å². The van der Waals surface area contributed by atoms with E-state index in [9.17, 15) is 14.3 Å². The molecule has 2 aromatic heterocycles. The minimum Gasteiger partial charge on any atom is -0.393 e. The van der Waals surface area contributed by atoms with Gasteiger partial charge < -0.3 is 26.8 Å². The fourth-order valence-electron chi connectivity index (χ4n) is 4.57. The van der Waals surface area contributed by atoms with Crippen molar-refractivity contribution < 1.29 is 14.3 Å². The van der Waals surface area contributed by atoms with Gasteiger partial charge in [0.25, 0.3) is 5.91 Å². The second-order valence-electron chi connectivity index (χ2n) is 8.86. The van der Waals surface area contributed by atoms with E-state index in [2.05, 4.69) is 15.3 Å². The number of benzene rings is 2. The third-order valence-electron chi connectivity index (χ3n) is 6.38. The molecule has 36 heavy (non-hydrogen) atoms. The van der Waals surface area contributed by atoms with Gasteiger partial charge in [0.05, 0.1) is 28.9 Å². The second-order valence-corrected chi connectivity index (χ2v) is 8.86. The van der Waals surface area contributed by atoms with Crippen LogP contribution in [0, 0.1) is 5.82 Å². The fourth-order valence-corrected chi connectivity index (χ4v) is 4.57. The molecule has 0 saturated carbocycles. The Balaban J connectivity index is 1.75. The summed E-state index contributed by atoms with van der Waals surface area (Å²) in [6.45, 7) is 2.50. The lowest BCUT2D eigenvalue weighted by Crippen LogP contribution is -2.31. The monoisotopic (exact) mass is 487 g/mol. The number of aromatic nitrogens is 3. The van der Waals surface area contributed by atoms with E-state index in [4.69, 9.17) is 16.5 Å². The largest absolute Gasteiger partial charge is 0.393 e. The number of aliphatic hydroxyl groups is 1. The molecule has 0 radical (unpaired) electrons. The third kappa shape index (κ3) is 4.27. The molecule has 184 valence electrons. The molecule has 1 fully saturated rings. The molecule has 5 rings (SSSR count). The number of aliphatic hydroxyl groups excluding tert-OH is 1. The van der Waals surface area contributed by atoms with Gasteiger partial charge in [0.15, 0.2) is 11.6 Å². The lowest BCUT2D eigenvalue weighted by atomic mass is 9.91. The average molecular weight is 488 g/mol. The van der Waals surface area contributed by atoms with E-state index >= 15 is 0 Å². The number of carbonyl (C=O) groups is 1. The minimum absolute atomic E-state index is 0.147. The molecule has 0 bridgehead atoms. The third-order valence-corrected chi connectivity index (χ3v) is 6.38. The highest BCUT2D eigenvalue weighted by Gasteiger charge is 2.31. The normalized spacial score (nSPS) is 16.3. The van der Waals surface area contributed by atoms with E-state index in [1.54, 1.807) is 11.0 Å². The summed E-state index contributed by atoms with van der Waals surface area (Å²) in [4.78, 5) is 28.5. The first kappa shape index (κ1) is 23.4. The van der Waals surface area contributed by atoms with Crippen molar-refractivity contribution in [2.75, 3.05) is 29.9 Å². The summed E-state index contributed by atoms with van der Waals surface area (Å²) in [6.07, 6.45) is 1.21. The number of halogens is 1. The number of anilines is 3. The van der Waals surface area contributed by atoms with Gasteiger partial charge in [-0.3, -0.25) is 4.79 Å². The smallest absolute Gasteiger partial charge is 0.255 e. The van der Waals surface area contributed by atoms with Gasteiger partial charge in [-0.05, 0) is 37.1 Å². The number of rotatable bonds is 5. The first-order valence-electron chi connectivity index (χ1n) is 11.6. The highest BCUT2D eigenvalue weighted by molar-refractivity contribution is 6.12. The maximum atomic E-state index is 14.4. The van der Waals surface area contributed by atoms with Gasteiger partial charge in [0, 0.05) is 24.0 Å². The highest BCUT2D eigenvalue weighted by Crippen LogP contribution is 2.38. The molecule has 4 aromatic rings. The SMILES string of the molecule is CC(Nc1ncnc(N)c1N)c1nc2ccc(F)cc2c(C(=O)N2CCC(O)C2)c1-c1ccccc1. The quantitative estimate of drug-likeness (QED) is 0.335. The van der Waals surface area contributed by atoms with Gasteiger partial charge in [-0.25, -0.2) is 19.3 Å². The number of nitrogens with two attached hydrogens (primary N) is 2. The Morgan fingerprint density at radius 1 is 1.19 bits per heavy atom. The summed E-state index contributed by atoms with van der Waals surface area (Å²) in [5.41, 5.74) is 14.8. The molecule has 2 aromatic carbocycles. The summed E-state index contributed by atoms with van der Waals surface area (Å²) < 4.78 is 14.4. The second kappa shape index (κ2) is 9.38. The molecule has 10 heteroatoms. The molecule has 1 aliphatic heterocycles. The molecule has 9 nitrogen and oxygen atoms in total. The maximum Gasteiger partial charge on any atom is 0.255 e. The molecule has 0 aliphatic carbocycles. The van der Waals surface area contributed by atoms with Crippen LogP contribution in [-0.4, -0.2) is 50.1 Å². The summed E-state index contributed by atoms with van der Waals surface area (Å²) in [5.74, 6) is -0.274. The molecule has 1 amide bonds. The van der Waals surface area contributed by atoms with Gasteiger partial charge in [-0.1, -0.05) is 30.3 Å². The number of hydrogen-bond donors (Lipinski definition) is 4. The zero-order valence-electron chi connectivity index (χ0n) is 19.6. The lowest BCUT2D eigenvalue weighted by molar-refractivity contribution is 0.0767. The molecule has 2 unspecified atom stereocenters. The van der Waals surface area contributed by atoms with Crippen molar-refractivity contribution in [3.8, 4) is 11.1 Å². The molecule has 0 spiro atoms. The van der Waals surface area contributed by atoms with Crippen LogP contribution in [-0.2, 0) is 0 Å². The van der Waals surface area contributed by atoms with Crippen LogP contribution in [0.3, 0.4) is 0 Å². The lowest BCUT2D eigenvalue weighted by Gasteiger charge is -2.25. The van der Waals surface area contributed by atoms with Gasteiger partial charge in [0.2, 0.25) is 0 Å². The van der Waals surface area contributed by atoms with Crippen molar-refractivity contribution in [2.24, 2.45) is 0 Å². The van der Waals surface area contributed by atoms with Crippen molar-refractivity contribution >= 4 is 34.1 Å². The van der Waals surface area contributed by atoms with E-state index in [0.29, 0.717) is 46.5 Å².